The molecule has 0 aromatic rings. The van der Waals surface area contributed by atoms with Crippen LogP contribution in [0.2, 0.25) is 0 Å². The maximum Gasteiger partial charge on any atom is 0.328 e. The predicted octanol–water partition coefficient (Wildman–Crippen LogP) is 0.344. The van der Waals surface area contributed by atoms with Crippen LogP contribution in [-0.2, 0) is 19.1 Å². The van der Waals surface area contributed by atoms with Gasteiger partial charge in [0.05, 0.1) is 6.61 Å². The van der Waals surface area contributed by atoms with Gasteiger partial charge in [0.25, 0.3) is 0 Å². The number of Topliss-reactive ketones (excluding diaryl/α,β-unsaturated/α-hetero) is 2. The molecule has 1 saturated heterocycles. The Balaban J connectivity index is 2.40. The van der Waals surface area contributed by atoms with Gasteiger partial charge in [-0.15, -0.1) is 0 Å². The molecule has 76 valence electrons. The molecule has 2 rings (SSSR count). The van der Waals surface area contributed by atoms with E-state index >= 15 is 0 Å². The van der Waals surface area contributed by atoms with Crippen LogP contribution in [0.4, 0.5) is 0 Å². The average molecular weight is 196 g/mol. The van der Waals surface area contributed by atoms with Gasteiger partial charge in [-0.1, -0.05) is 20.3 Å². The second-order valence-corrected chi connectivity index (χ2v) is 4.06. The van der Waals surface area contributed by atoms with Crippen LogP contribution in [0.1, 0.15) is 20.3 Å². The highest BCUT2D eigenvalue weighted by molar-refractivity contribution is 6.69. The predicted molar refractivity (Wildman–Crippen MR) is 46.4 cm³/mol. The Morgan fingerprint density at radius 2 is 1.93 bits per heavy atom. The largest absolute Gasteiger partial charge is 0.464 e. The van der Waals surface area contributed by atoms with E-state index < -0.39 is 23.0 Å². The van der Waals surface area contributed by atoms with E-state index in [1.54, 1.807) is 0 Å². The zero-order chi connectivity index (χ0) is 10.5. The molecule has 1 heterocycles. The molecule has 0 amide bonds. The lowest BCUT2D eigenvalue weighted by Crippen LogP contribution is -2.42. The first-order valence-corrected chi connectivity index (χ1v) is 4.83. The highest BCUT2D eigenvalue weighted by atomic mass is 16.5. The van der Waals surface area contributed by atoms with Crippen molar-refractivity contribution in [3.8, 4) is 0 Å². The summed E-state index contributed by atoms with van der Waals surface area (Å²) in [4.78, 5) is 34.0. The Morgan fingerprint density at radius 3 is 2.29 bits per heavy atom. The van der Waals surface area contributed by atoms with Gasteiger partial charge in [0.15, 0.2) is 0 Å². The van der Waals surface area contributed by atoms with Crippen molar-refractivity contribution in [3.63, 3.8) is 0 Å². The van der Waals surface area contributed by atoms with Gasteiger partial charge in [-0.2, -0.15) is 0 Å². The van der Waals surface area contributed by atoms with Gasteiger partial charge in [-0.05, 0) is 11.8 Å². The molecule has 2 unspecified atom stereocenters. The van der Waals surface area contributed by atoms with Crippen LogP contribution in [0.15, 0.2) is 0 Å². The molecule has 2 fully saturated rings. The fourth-order valence-corrected chi connectivity index (χ4v) is 2.50. The van der Waals surface area contributed by atoms with Gasteiger partial charge < -0.3 is 4.74 Å². The lowest BCUT2D eigenvalue weighted by Gasteiger charge is -2.31. The molecule has 4 heteroatoms. The van der Waals surface area contributed by atoms with Crippen LogP contribution in [0.25, 0.3) is 0 Å². The minimum absolute atomic E-state index is 0.0908. The van der Waals surface area contributed by atoms with Crippen LogP contribution >= 0.6 is 0 Å². The molecule has 0 aromatic carbocycles. The fourth-order valence-electron chi connectivity index (χ4n) is 2.50. The van der Waals surface area contributed by atoms with Crippen molar-refractivity contribution in [2.24, 2.45) is 17.3 Å². The van der Waals surface area contributed by atoms with E-state index in [4.69, 9.17) is 4.74 Å². The van der Waals surface area contributed by atoms with Crippen LogP contribution in [0.3, 0.4) is 0 Å². The summed E-state index contributed by atoms with van der Waals surface area (Å²) in [6.45, 7) is 4.11. The molecule has 2 atom stereocenters. The molecule has 4 nitrogen and oxygen atoms in total. The first-order chi connectivity index (χ1) is 6.56. The van der Waals surface area contributed by atoms with E-state index in [-0.39, 0.29) is 11.8 Å². The van der Waals surface area contributed by atoms with Crippen LogP contribution in [0, 0.1) is 17.3 Å². The topological polar surface area (TPSA) is 60.4 Å². The number of hydrogen-bond acceptors (Lipinski definition) is 4. The highest BCUT2D eigenvalue weighted by Gasteiger charge is 2.77. The minimum atomic E-state index is -1.40. The smallest absolute Gasteiger partial charge is 0.328 e. The van der Waals surface area contributed by atoms with Crippen molar-refractivity contribution < 1.29 is 19.1 Å². The number of ether oxygens (including phenoxy) is 1. The molecule has 1 saturated carbocycles. The monoisotopic (exact) mass is 196 g/mol. The van der Waals surface area contributed by atoms with E-state index in [0.717, 1.165) is 0 Å². The molecule has 14 heavy (non-hydrogen) atoms. The summed E-state index contributed by atoms with van der Waals surface area (Å²) in [6.07, 6.45) is 0.660. The fraction of sp³-hybridized carbons (Fsp3) is 0.700. The molecule has 1 spiro atoms. The zero-order valence-electron chi connectivity index (χ0n) is 8.20. The Bertz CT molecular complexity index is 317. The number of cyclic esters (lactones) is 1. The molecule has 0 N–H and O–H groups in total. The van der Waals surface area contributed by atoms with E-state index in [9.17, 15) is 14.4 Å². The summed E-state index contributed by atoms with van der Waals surface area (Å²) in [5, 5.41) is 0. The van der Waals surface area contributed by atoms with Crippen molar-refractivity contribution in [2.75, 3.05) is 6.61 Å². The quantitative estimate of drug-likeness (QED) is 0.345. The van der Waals surface area contributed by atoms with E-state index in [0.29, 0.717) is 13.0 Å². The molecule has 0 radical (unpaired) electrons. The zero-order valence-corrected chi connectivity index (χ0v) is 8.20. The maximum absolute atomic E-state index is 11.5. The number of ketones is 2. The van der Waals surface area contributed by atoms with Crippen LogP contribution < -0.4 is 0 Å². The first kappa shape index (κ1) is 9.37. The minimum Gasteiger partial charge on any atom is -0.464 e. The van der Waals surface area contributed by atoms with Crippen molar-refractivity contribution in [1.82, 2.24) is 0 Å². The molecule has 1 aliphatic carbocycles. The lowest BCUT2D eigenvalue weighted by molar-refractivity contribution is -0.165. The van der Waals surface area contributed by atoms with Gasteiger partial charge >= 0.3 is 5.97 Å². The summed E-state index contributed by atoms with van der Waals surface area (Å²) in [7, 11) is 0. The Kier molecular flexibility index (Phi) is 1.77. The van der Waals surface area contributed by atoms with Crippen molar-refractivity contribution in [3.05, 3.63) is 0 Å². The summed E-state index contributed by atoms with van der Waals surface area (Å²) >= 11 is 0. The van der Waals surface area contributed by atoms with E-state index in [2.05, 4.69) is 0 Å². The van der Waals surface area contributed by atoms with E-state index in [1.807, 2.05) is 13.8 Å². The van der Waals surface area contributed by atoms with Crippen LogP contribution in [-0.4, -0.2) is 24.1 Å². The summed E-state index contributed by atoms with van der Waals surface area (Å²) < 4.78 is 4.86. The second kappa shape index (κ2) is 2.65. The highest BCUT2D eigenvalue weighted by Crippen LogP contribution is 2.52. The third-order valence-corrected chi connectivity index (χ3v) is 3.34. The average Bonchev–Trinajstić information content (AvgIpc) is 2.68. The maximum atomic E-state index is 11.5. The Labute approximate surface area is 81.6 Å². The van der Waals surface area contributed by atoms with Gasteiger partial charge in [0.1, 0.15) is 0 Å². The van der Waals surface area contributed by atoms with Crippen molar-refractivity contribution in [2.45, 2.75) is 20.3 Å². The summed E-state index contributed by atoms with van der Waals surface area (Å²) in [6, 6.07) is 0. The number of carbonyl (C=O) groups is 3. The number of carbonyl (C=O) groups excluding carboxylic acids is 3. The summed E-state index contributed by atoms with van der Waals surface area (Å²) in [5.41, 5.74) is -1.40. The van der Waals surface area contributed by atoms with Gasteiger partial charge in [-0.25, -0.2) is 0 Å². The molecule has 1 aliphatic heterocycles. The SMILES string of the molecule is CCC1C(C)COC(=O)C12C(=O)C2=O. The number of esters is 1. The number of rotatable bonds is 1. The molecular formula is C10H12O4. The van der Waals surface area contributed by atoms with Crippen LogP contribution in [0.5, 0.6) is 0 Å². The number of hydrogen-bond donors (Lipinski definition) is 0. The van der Waals surface area contributed by atoms with Gasteiger partial charge in [0.2, 0.25) is 17.0 Å². The van der Waals surface area contributed by atoms with E-state index in [1.165, 1.54) is 0 Å². The standard InChI is InChI=1S/C10H12O4/c1-3-6-5(2)4-14-9(13)10(6)7(11)8(10)12/h5-6H,3-4H2,1-2H3. The molecule has 0 bridgehead atoms. The van der Waals surface area contributed by atoms with Gasteiger partial charge in [0, 0.05) is 0 Å². The van der Waals surface area contributed by atoms with Crippen molar-refractivity contribution >= 4 is 17.5 Å². The Hall–Kier alpha value is -1.19. The Morgan fingerprint density at radius 1 is 1.36 bits per heavy atom. The van der Waals surface area contributed by atoms with Gasteiger partial charge in [-0.3, -0.25) is 14.4 Å². The second-order valence-electron chi connectivity index (χ2n) is 4.06. The molecular weight excluding hydrogens is 184 g/mol. The third-order valence-electron chi connectivity index (χ3n) is 3.34. The normalized spacial score (nSPS) is 34.6. The summed E-state index contributed by atoms with van der Waals surface area (Å²) in [5.74, 6) is -1.81. The molecule has 0 aromatic heterocycles. The lowest BCUT2D eigenvalue weighted by atomic mass is 9.76. The molecule has 2 aliphatic rings. The van der Waals surface area contributed by atoms with Crippen molar-refractivity contribution in [1.29, 1.82) is 0 Å². The third kappa shape index (κ3) is 0.811. The first-order valence-electron chi connectivity index (χ1n) is 4.83.